The minimum atomic E-state index is -0.481. The van der Waals surface area contributed by atoms with Crippen molar-refractivity contribution in [3.63, 3.8) is 0 Å². The smallest absolute Gasteiger partial charge is 0.313 e. The lowest BCUT2D eigenvalue weighted by atomic mass is 9.87. The average Bonchev–Trinajstić information content (AvgIpc) is 2.35. The molecule has 5 nitrogen and oxygen atoms in total. The van der Waals surface area contributed by atoms with E-state index in [0.717, 1.165) is 0 Å². The van der Waals surface area contributed by atoms with Gasteiger partial charge in [-0.15, -0.1) is 0 Å². The Kier molecular flexibility index (Phi) is 6.25. The fraction of sp³-hybridized carbons (Fsp3) is 0.643. The van der Waals surface area contributed by atoms with Gasteiger partial charge in [-0.1, -0.05) is 12.7 Å². The highest BCUT2D eigenvalue weighted by molar-refractivity contribution is 5.94. The van der Waals surface area contributed by atoms with E-state index in [1.54, 1.807) is 0 Å². The minimum absolute atomic E-state index is 0.122. The van der Waals surface area contributed by atoms with Gasteiger partial charge in [-0.2, -0.15) is 0 Å². The molecule has 19 heavy (non-hydrogen) atoms. The molecular weight excluding hydrogens is 248 g/mol. The molecule has 0 atom stereocenters. The first-order valence-electron chi connectivity index (χ1n) is 6.49. The molecule has 0 aromatic carbocycles. The van der Waals surface area contributed by atoms with E-state index in [-0.39, 0.29) is 36.8 Å². The molecule has 0 aliphatic heterocycles. The number of carbonyl (C=O) groups excluding carboxylic acids is 3. The van der Waals surface area contributed by atoms with Gasteiger partial charge in [0.15, 0.2) is 0 Å². The quantitative estimate of drug-likeness (QED) is 0.417. The summed E-state index contributed by atoms with van der Waals surface area (Å²) in [6.07, 6.45) is 3.74. The standard InChI is InChI=1S/C14H20O5/c1-3-8-18-14(17)11-4-6-12(7-5-11)19-13(16)9-10(2)15/h3,11-12H,1,4-9H2,2H3. The van der Waals surface area contributed by atoms with Crippen molar-refractivity contribution in [1.82, 2.24) is 0 Å². The molecule has 106 valence electrons. The van der Waals surface area contributed by atoms with Crippen LogP contribution in [0.5, 0.6) is 0 Å². The Morgan fingerprint density at radius 3 is 2.37 bits per heavy atom. The van der Waals surface area contributed by atoms with Crippen molar-refractivity contribution in [2.45, 2.75) is 45.1 Å². The molecule has 1 aliphatic carbocycles. The van der Waals surface area contributed by atoms with Gasteiger partial charge in [0, 0.05) is 0 Å². The lowest BCUT2D eigenvalue weighted by Crippen LogP contribution is -2.29. The largest absolute Gasteiger partial charge is 0.462 e. The second-order valence-corrected chi connectivity index (χ2v) is 4.76. The van der Waals surface area contributed by atoms with E-state index in [2.05, 4.69) is 6.58 Å². The summed E-state index contributed by atoms with van der Waals surface area (Å²) < 4.78 is 10.2. The van der Waals surface area contributed by atoms with Crippen LogP contribution in [0.25, 0.3) is 0 Å². The molecule has 0 spiro atoms. The van der Waals surface area contributed by atoms with E-state index >= 15 is 0 Å². The Morgan fingerprint density at radius 2 is 1.84 bits per heavy atom. The SMILES string of the molecule is C=CCOC(=O)C1CCC(OC(=O)CC(C)=O)CC1. The first-order valence-corrected chi connectivity index (χ1v) is 6.49. The molecule has 1 rings (SSSR count). The maximum atomic E-state index is 11.6. The molecule has 0 amide bonds. The third-order valence-electron chi connectivity index (χ3n) is 3.04. The topological polar surface area (TPSA) is 69.7 Å². The molecular formula is C14H20O5. The van der Waals surface area contributed by atoms with Crippen LogP contribution >= 0.6 is 0 Å². The summed E-state index contributed by atoms with van der Waals surface area (Å²) in [7, 11) is 0. The predicted octanol–water partition coefficient (Wildman–Crippen LogP) is 1.80. The highest BCUT2D eigenvalue weighted by atomic mass is 16.5. The summed E-state index contributed by atoms with van der Waals surface area (Å²) >= 11 is 0. The van der Waals surface area contributed by atoms with Crippen LogP contribution in [0.15, 0.2) is 12.7 Å². The number of ketones is 1. The van der Waals surface area contributed by atoms with E-state index < -0.39 is 5.97 Å². The van der Waals surface area contributed by atoms with Crippen LogP contribution < -0.4 is 0 Å². The Labute approximate surface area is 112 Å². The van der Waals surface area contributed by atoms with Gasteiger partial charge >= 0.3 is 11.9 Å². The molecule has 1 saturated carbocycles. The highest BCUT2D eigenvalue weighted by Crippen LogP contribution is 2.27. The zero-order valence-corrected chi connectivity index (χ0v) is 11.2. The fourth-order valence-electron chi connectivity index (χ4n) is 2.11. The maximum Gasteiger partial charge on any atom is 0.313 e. The monoisotopic (exact) mass is 268 g/mol. The second kappa shape index (κ2) is 7.71. The van der Waals surface area contributed by atoms with Crippen LogP contribution in [-0.4, -0.2) is 30.4 Å². The first kappa shape index (κ1) is 15.4. The van der Waals surface area contributed by atoms with Crippen molar-refractivity contribution in [2.75, 3.05) is 6.61 Å². The fourth-order valence-corrected chi connectivity index (χ4v) is 2.11. The maximum absolute atomic E-state index is 11.6. The number of carbonyl (C=O) groups is 3. The van der Waals surface area contributed by atoms with E-state index in [1.807, 2.05) is 0 Å². The van der Waals surface area contributed by atoms with Crippen molar-refractivity contribution in [2.24, 2.45) is 5.92 Å². The predicted molar refractivity (Wildman–Crippen MR) is 68.3 cm³/mol. The van der Waals surface area contributed by atoms with Gasteiger partial charge in [-0.05, 0) is 32.6 Å². The molecule has 0 heterocycles. The second-order valence-electron chi connectivity index (χ2n) is 4.76. The van der Waals surface area contributed by atoms with E-state index in [0.29, 0.717) is 25.7 Å². The van der Waals surface area contributed by atoms with Gasteiger partial charge in [0.2, 0.25) is 0 Å². The number of esters is 2. The van der Waals surface area contributed by atoms with Crippen LogP contribution in [-0.2, 0) is 23.9 Å². The van der Waals surface area contributed by atoms with Crippen molar-refractivity contribution in [3.05, 3.63) is 12.7 Å². The van der Waals surface area contributed by atoms with Crippen molar-refractivity contribution in [1.29, 1.82) is 0 Å². The number of ether oxygens (including phenoxy) is 2. The van der Waals surface area contributed by atoms with Gasteiger partial charge in [0.1, 0.15) is 24.9 Å². The molecule has 0 radical (unpaired) electrons. The Hall–Kier alpha value is -1.65. The van der Waals surface area contributed by atoms with Crippen molar-refractivity contribution >= 4 is 17.7 Å². The van der Waals surface area contributed by atoms with E-state index in [1.165, 1.54) is 13.0 Å². The third kappa shape index (κ3) is 5.68. The molecule has 1 fully saturated rings. The van der Waals surface area contributed by atoms with Gasteiger partial charge < -0.3 is 9.47 Å². The third-order valence-corrected chi connectivity index (χ3v) is 3.04. The highest BCUT2D eigenvalue weighted by Gasteiger charge is 2.29. The molecule has 0 N–H and O–H groups in total. The van der Waals surface area contributed by atoms with Crippen LogP contribution in [0.1, 0.15) is 39.0 Å². The van der Waals surface area contributed by atoms with E-state index in [4.69, 9.17) is 9.47 Å². The van der Waals surface area contributed by atoms with Crippen LogP contribution in [0.3, 0.4) is 0 Å². The van der Waals surface area contributed by atoms with Gasteiger partial charge in [-0.3, -0.25) is 14.4 Å². The lowest BCUT2D eigenvalue weighted by Gasteiger charge is -2.26. The molecule has 0 aromatic rings. The molecule has 0 aromatic heterocycles. The molecule has 0 saturated heterocycles. The average molecular weight is 268 g/mol. The van der Waals surface area contributed by atoms with Crippen LogP contribution in [0.4, 0.5) is 0 Å². The summed E-state index contributed by atoms with van der Waals surface area (Å²) in [5.74, 6) is -1.02. The number of hydrogen-bond donors (Lipinski definition) is 0. The summed E-state index contributed by atoms with van der Waals surface area (Å²) in [5, 5.41) is 0. The zero-order valence-electron chi connectivity index (χ0n) is 11.2. The molecule has 1 aliphatic rings. The molecule has 5 heteroatoms. The summed E-state index contributed by atoms with van der Waals surface area (Å²) in [5.41, 5.74) is 0. The molecule has 0 bridgehead atoms. The minimum Gasteiger partial charge on any atom is -0.462 e. The summed E-state index contributed by atoms with van der Waals surface area (Å²) in [6, 6.07) is 0. The normalized spacial score (nSPS) is 22.4. The Bertz CT molecular complexity index is 353. The van der Waals surface area contributed by atoms with Gasteiger partial charge in [-0.25, -0.2) is 0 Å². The Balaban J connectivity index is 2.28. The number of hydrogen-bond acceptors (Lipinski definition) is 5. The van der Waals surface area contributed by atoms with Crippen LogP contribution in [0, 0.1) is 5.92 Å². The van der Waals surface area contributed by atoms with E-state index in [9.17, 15) is 14.4 Å². The lowest BCUT2D eigenvalue weighted by molar-refractivity contribution is -0.154. The molecule has 0 unspecified atom stereocenters. The van der Waals surface area contributed by atoms with Crippen LogP contribution in [0.2, 0.25) is 0 Å². The van der Waals surface area contributed by atoms with Crippen molar-refractivity contribution in [3.8, 4) is 0 Å². The van der Waals surface area contributed by atoms with Crippen molar-refractivity contribution < 1.29 is 23.9 Å². The zero-order chi connectivity index (χ0) is 14.3. The van der Waals surface area contributed by atoms with Gasteiger partial charge in [0.25, 0.3) is 0 Å². The Morgan fingerprint density at radius 1 is 1.21 bits per heavy atom. The number of rotatable bonds is 6. The summed E-state index contributed by atoms with van der Waals surface area (Å²) in [4.78, 5) is 33.7. The first-order chi connectivity index (χ1) is 9.02. The summed E-state index contributed by atoms with van der Waals surface area (Å²) in [6.45, 7) is 5.07. The van der Waals surface area contributed by atoms with Gasteiger partial charge in [0.05, 0.1) is 5.92 Å². The number of Topliss-reactive ketones (excluding diaryl/α,β-unsaturated/α-hetero) is 1.